The van der Waals surface area contributed by atoms with Crippen LogP contribution in [0.25, 0.3) is 0 Å². The molecule has 2 heteroatoms. The van der Waals surface area contributed by atoms with Gasteiger partial charge in [-0.2, -0.15) is 0 Å². The first-order valence-corrected chi connectivity index (χ1v) is 4.38. The van der Waals surface area contributed by atoms with Crippen molar-refractivity contribution in [3.8, 4) is 0 Å². The molecule has 12 heavy (non-hydrogen) atoms. The van der Waals surface area contributed by atoms with Gasteiger partial charge in [-0.1, -0.05) is 13.0 Å². The standard InChI is InChI=1S/C10H14N2/c1-7-5-10(7)12-9-4-2-3-8(11)6-9/h2-4,6-7,10,12H,5,11H2,1H3. The third-order valence-corrected chi connectivity index (χ3v) is 2.35. The molecule has 0 radical (unpaired) electrons. The van der Waals surface area contributed by atoms with Crippen LogP contribution in [-0.2, 0) is 0 Å². The second kappa shape index (κ2) is 2.70. The predicted octanol–water partition coefficient (Wildman–Crippen LogP) is 2.09. The molecule has 1 aliphatic carbocycles. The van der Waals surface area contributed by atoms with Gasteiger partial charge in [-0.25, -0.2) is 0 Å². The van der Waals surface area contributed by atoms with Gasteiger partial charge in [0.05, 0.1) is 0 Å². The minimum absolute atomic E-state index is 0.673. The third-order valence-electron chi connectivity index (χ3n) is 2.35. The molecule has 1 saturated carbocycles. The van der Waals surface area contributed by atoms with Gasteiger partial charge >= 0.3 is 0 Å². The Balaban J connectivity index is 2.03. The zero-order chi connectivity index (χ0) is 8.55. The van der Waals surface area contributed by atoms with E-state index in [1.165, 1.54) is 6.42 Å². The van der Waals surface area contributed by atoms with E-state index in [2.05, 4.69) is 18.3 Å². The van der Waals surface area contributed by atoms with Crippen molar-refractivity contribution in [2.24, 2.45) is 5.92 Å². The quantitative estimate of drug-likeness (QED) is 0.653. The second-order valence-electron chi connectivity index (χ2n) is 3.59. The molecule has 2 unspecified atom stereocenters. The van der Waals surface area contributed by atoms with Crippen LogP contribution in [0.3, 0.4) is 0 Å². The number of benzene rings is 1. The van der Waals surface area contributed by atoms with Crippen LogP contribution in [0, 0.1) is 5.92 Å². The molecule has 0 aromatic heterocycles. The van der Waals surface area contributed by atoms with Crippen LogP contribution in [0.15, 0.2) is 24.3 Å². The van der Waals surface area contributed by atoms with Crippen molar-refractivity contribution in [1.82, 2.24) is 0 Å². The van der Waals surface area contributed by atoms with Crippen LogP contribution in [-0.4, -0.2) is 6.04 Å². The van der Waals surface area contributed by atoms with Gasteiger partial charge in [-0.05, 0) is 30.5 Å². The maximum absolute atomic E-state index is 5.65. The van der Waals surface area contributed by atoms with Crippen molar-refractivity contribution in [3.63, 3.8) is 0 Å². The third kappa shape index (κ3) is 1.52. The molecule has 2 nitrogen and oxygen atoms in total. The van der Waals surface area contributed by atoms with Gasteiger partial charge in [0.15, 0.2) is 0 Å². The maximum atomic E-state index is 5.65. The Kier molecular flexibility index (Phi) is 1.68. The van der Waals surface area contributed by atoms with Crippen LogP contribution in [0.4, 0.5) is 11.4 Å². The van der Waals surface area contributed by atoms with E-state index in [0.29, 0.717) is 6.04 Å². The van der Waals surface area contributed by atoms with Crippen molar-refractivity contribution in [1.29, 1.82) is 0 Å². The molecular formula is C10H14N2. The molecule has 0 bridgehead atoms. The summed E-state index contributed by atoms with van der Waals surface area (Å²) in [6.07, 6.45) is 1.29. The van der Waals surface area contributed by atoms with Crippen LogP contribution in [0.1, 0.15) is 13.3 Å². The predicted molar refractivity (Wildman–Crippen MR) is 52.0 cm³/mol. The van der Waals surface area contributed by atoms with Crippen LogP contribution >= 0.6 is 0 Å². The Morgan fingerprint density at radius 1 is 1.50 bits per heavy atom. The molecule has 0 aliphatic heterocycles. The highest BCUT2D eigenvalue weighted by atomic mass is 15.0. The fourth-order valence-corrected chi connectivity index (χ4v) is 1.37. The van der Waals surface area contributed by atoms with E-state index < -0.39 is 0 Å². The van der Waals surface area contributed by atoms with Crippen LogP contribution < -0.4 is 11.1 Å². The summed E-state index contributed by atoms with van der Waals surface area (Å²) in [4.78, 5) is 0. The van der Waals surface area contributed by atoms with Crippen LogP contribution in [0.5, 0.6) is 0 Å². The Bertz CT molecular complexity index is 283. The first-order chi connectivity index (χ1) is 5.75. The summed E-state index contributed by atoms with van der Waals surface area (Å²) in [7, 11) is 0. The van der Waals surface area contributed by atoms with E-state index in [1.807, 2.05) is 18.2 Å². The Labute approximate surface area is 72.8 Å². The maximum Gasteiger partial charge on any atom is 0.0363 e. The fourth-order valence-electron chi connectivity index (χ4n) is 1.37. The van der Waals surface area contributed by atoms with E-state index in [4.69, 9.17) is 5.73 Å². The summed E-state index contributed by atoms with van der Waals surface area (Å²) < 4.78 is 0. The van der Waals surface area contributed by atoms with E-state index in [0.717, 1.165) is 17.3 Å². The summed E-state index contributed by atoms with van der Waals surface area (Å²) in [5.74, 6) is 0.825. The molecule has 1 aliphatic rings. The molecule has 1 fully saturated rings. The molecule has 1 aromatic carbocycles. The number of nitrogen functional groups attached to an aromatic ring is 1. The highest BCUT2D eigenvalue weighted by Gasteiger charge is 2.32. The van der Waals surface area contributed by atoms with Gasteiger partial charge in [0, 0.05) is 17.4 Å². The monoisotopic (exact) mass is 162 g/mol. The van der Waals surface area contributed by atoms with Gasteiger partial charge in [-0.3, -0.25) is 0 Å². The molecule has 64 valence electrons. The molecule has 0 amide bonds. The number of hydrogen-bond donors (Lipinski definition) is 2. The number of nitrogens with two attached hydrogens (primary N) is 1. The summed E-state index contributed by atoms with van der Waals surface area (Å²) in [5.41, 5.74) is 7.62. The van der Waals surface area contributed by atoms with E-state index in [9.17, 15) is 0 Å². The average molecular weight is 162 g/mol. The molecule has 2 rings (SSSR count). The fraction of sp³-hybridized carbons (Fsp3) is 0.400. The first kappa shape index (κ1) is 7.47. The van der Waals surface area contributed by atoms with E-state index >= 15 is 0 Å². The molecule has 1 aromatic rings. The van der Waals surface area contributed by atoms with Crippen molar-refractivity contribution in [2.45, 2.75) is 19.4 Å². The van der Waals surface area contributed by atoms with Gasteiger partial charge in [0.2, 0.25) is 0 Å². The zero-order valence-electron chi connectivity index (χ0n) is 7.25. The summed E-state index contributed by atoms with van der Waals surface area (Å²) in [5, 5.41) is 3.43. The lowest BCUT2D eigenvalue weighted by atomic mass is 10.3. The molecule has 0 saturated heterocycles. The van der Waals surface area contributed by atoms with E-state index in [1.54, 1.807) is 0 Å². The number of nitrogens with one attached hydrogen (secondary N) is 1. The summed E-state index contributed by atoms with van der Waals surface area (Å²) >= 11 is 0. The minimum atomic E-state index is 0.673. The summed E-state index contributed by atoms with van der Waals surface area (Å²) in [6, 6.07) is 8.59. The second-order valence-corrected chi connectivity index (χ2v) is 3.59. The zero-order valence-corrected chi connectivity index (χ0v) is 7.25. The van der Waals surface area contributed by atoms with Crippen molar-refractivity contribution in [2.75, 3.05) is 11.1 Å². The van der Waals surface area contributed by atoms with Crippen molar-refractivity contribution in [3.05, 3.63) is 24.3 Å². The Hall–Kier alpha value is -1.18. The highest BCUT2D eigenvalue weighted by molar-refractivity contribution is 5.55. The minimum Gasteiger partial charge on any atom is -0.399 e. The normalized spacial score (nSPS) is 26.8. The van der Waals surface area contributed by atoms with Crippen molar-refractivity contribution >= 4 is 11.4 Å². The SMILES string of the molecule is CC1CC1Nc1cccc(N)c1. The Morgan fingerprint density at radius 3 is 2.83 bits per heavy atom. The van der Waals surface area contributed by atoms with Gasteiger partial charge < -0.3 is 11.1 Å². The van der Waals surface area contributed by atoms with Gasteiger partial charge in [0.1, 0.15) is 0 Å². The lowest BCUT2D eigenvalue weighted by molar-refractivity contribution is 0.929. The number of anilines is 2. The highest BCUT2D eigenvalue weighted by Crippen LogP contribution is 2.32. The smallest absolute Gasteiger partial charge is 0.0363 e. The summed E-state index contributed by atoms with van der Waals surface area (Å²) in [6.45, 7) is 2.25. The molecule has 2 atom stereocenters. The molecule has 0 spiro atoms. The van der Waals surface area contributed by atoms with Crippen LogP contribution in [0.2, 0.25) is 0 Å². The number of rotatable bonds is 2. The van der Waals surface area contributed by atoms with Gasteiger partial charge in [0.25, 0.3) is 0 Å². The molecule has 0 heterocycles. The topological polar surface area (TPSA) is 38.0 Å². The van der Waals surface area contributed by atoms with E-state index in [-0.39, 0.29) is 0 Å². The molecular weight excluding hydrogens is 148 g/mol. The lowest BCUT2D eigenvalue weighted by Gasteiger charge is -2.04. The number of hydrogen-bond acceptors (Lipinski definition) is 2. The van der Waals surface area contributed by atoms with Crippen molar-refractivity contribution < 1.29 is 0 Å². The Morgan fingerprint density at radius 2 is 2.25 bits per heavy atom. The largest absolute Gasteiger partial charge is 0.399 e. The lowest BCUT2D eigenvalue weighted by Crippen LogP contribution is -2.03. The average Bonchev–Trinajstić information content (AvgIpc) is 2.66. The first-order valence-electron chi connectivity index (χ1n) is 4.38. The molecule has 3 N–H and O–H groups in total. The van der Waals surface area contributed by atoms with Gasteiger partial charge in [-0.15, -0.1) is 0 Å².